The van der Waals surface area contributed by atoms with Gasteiger partial charge in [-0.25, -0.2) is 4.79 Å². The summed E-state index contributed by atoms with van der Waals surface area (Å²) in [5.41, 5.74) is 0.959. The van der Waals surface area contributed by atoms with Gasteiger partial charge in [-0.15, -0.1) is 0 Å². The van der Waals surface area contributed by atoms with E-state index in [0.717, 1.165) is 18.4 Å². The van der Waals surface area contributed by atoms with Gasteiger partial charge in [-0.05, 0) is 49.8 Å². The van der Waals surface area contributed by atoms with Gasteiger partial charge in [0.25, 0.3) is 0 Å². The minimum absolute atomic E-state index is 0.0690. The molecular formula is C21H30N2O5. The fraction of sp³-hybridized carbons (Fsp3) is 0.571. The lowest BCUT2D eigenvalue weighted by atomic mass is 9.87. The zero-order valence-corrected chi connectivity index (χ0v) is 16.6. The van der Waals surface area contributed by atoms with Crippen molar-refractivity contribution in [3.63, 3.8) is 0 Å². The average molecular weight is 390 g/mol. The Kier molecular flexibility index (Phi) is 8.29. The predicted molar refractivity (Wildman–Crippen MR) is 105 cm³/mol. The molecular weight excluding hydrogens is 360 g/mol. The van der Waals surface area contributed by atoms with Crippen molar-refractivity contribution < 1.29 is 24.2 Å². The van der Waals surface area contributed by atoms with Crippen LogP contribution in [0.15, 0.2) is 18.2 Å². The molecule has 7 nitrogen and oxygen atoms in total. The number of rotatable bonds is 9. The smallest absolute Gasteiger partial charge is 0.335 e. The molecule has 1 aromatic rings. The summed E-state index contributed by atoms with van der Waals surface area (Å²) in [5.74, 6) is -0.414. The molecule has 0 saturated heterocycles. The van der Waals surface area contributed by atoms with Gasteiger partial charge in [0.05, 0.1) is 12.7 Å². The summed E-state index contributed by atoms with van der Waals surface area (Å²) < 4.78 is 5.23. The number of hydrogen-bond donors (Lipinski definition) is 3. The lowest BCUT2D eigenvalue weighted by Crippen LogP contribution is -2.45. The number of nitrogens with one attached hydrogen (secondary N) is 2. The number of methoxy groups -OCH3 is 1. The zero-order valence-electron chi connectivity index (χ0n) is 16.6. The molecule has 1 unspecified atom stereocenters. The van der Waals surface area contributed by atoms with Crippen LogP contribution in [0, 0.1) is 5.92 Å². The molecule has 1 atom stereocenters. The maximum absolute atomic E-state index is 12.2. The molecule has 1 aliphatic carbocycles. The highest BCUT2D eigenvalue weighted by Crippen LogP contribution is 2.26. The van der Waals surface area contributed by atoms with Crippen molar-refractivity contribution in [2.24, 2.45) is 5.92 Å². The number of benzene rings is 1. The fourth-order valence-electron chi connectivity index (χ4n) is 3.58. The van der Waals surface area contributed by atoms with E-state index in [1.807, 2.05) is 0 Å². The average Bonchev–Trinajstić information content (AvgIpc) is 2.68. The topological polar surface area (TPSA) is 105 Å². The van der Waals surface area contributed by atoms with Crippen molar-refractivity contribution in [2.75, 3.05) is 13.7 Å². The zero-order chi connectivity index (χ0) is 20.5. The molecule has 3 N–H and O–H groups in total. The maximum Gasteiger partial charge on any atom is 0.335 e. The van der Waals surface area contributed by atoms with Gasteiger partial charge in [-0.3, -0.25) is 9.59 Å². The highest BCUT2D eigenvalue weighted by Gasteiger charge is 2.20. The summed E-state index contributed by atoms with van der Waals surface area (Å²) in [6, 6.07) is 4.07. The highest BCUT2D eigenvalue weighted by atomic mass is 16.5. The molecule has 154 valence electrons. The third-order valence-electron chi connectivity index (χ3n) is 5.20. The molecule has 2 amide bonds. The van der Waals surface area contributed by atoms with Crippen LogP contribution in [0.3, 0.4) is 0 Å². The molecule has 1 fully saturated rings. The molecule has 0 spiro atoms. The van der Waals surface area contributed by atoms with Crippen molar-refractivity contribution in [3.8, 4) is 5.75 Å². The molecule has 0 aliphatic heterocycles. The third kappa shape index (κ3) is 6.55. The molecule has 2 rings (SSSR count). The van der Waals surface area contributed by atoms with Crippen molar-refractivity contribution in [1.29, 1.82) is 0 Å². The molecule has 0 bridgehead atoms. The highest BCUT2D eigenvalue weighted by molar-refractivity contribution is 5.88. The second kappa shape index (κ2) is 10.7. The molecule has 0 heterocycles. The monoisotopic (exact) mass is 390 g/mol. The van der Waals surface area contributed by atoms with Crippen molar-refractivity contribution >= 4 is 17.8 Å². The van der Waals surface area contributed by atoms with Gasteiger partial charge < -0.3 is 20.5 Å². The van der Waals surface area contributed by atoms with Crippen LogP contribution in [-0.4, -0.2) is 42.6 Å². The predicted octanol–water partition coefficient (Wildman–Crippen LogP) is 2.53. The molecule has 1 aromatic carbocycles. The quantitative estimate of drug-likeness (QED) is 0.601. The van der Waals surface area contributed by atoms with Crippen LogP contribution in [-0.2, 0) is 16.0 Å². The summed E-state index contributed by atoms with van der Waals surface area (Å²) in [4.78, 5) is 35.4. The summed E-state index contributed by atoms with van der Waals surface area (Å²) in [6.45, 7) is 2.04. The number of hydrogen-bond acceptors (Lipinski definition) is 4. The minimum atomic E-state index is -1.02. The summed E-state index contributed by atoms with van der Waals surface area (Å²) >= 11 is 0. The fourth-order valence-corrected chi connectivity index (χ4v) is 3.58. The van der Waals surface area contributed by atoms with Crippen LogP contribution in [0.2, 0.25) is 0 Å². The van der Waals surface area contributed by atoms with E-state index in [1.165, 1.54) is 38.5 Å². The number of carboxylic acids is 1. The van der Waals surface area contributed by atoms with Crippen LogP contribution in [0.5, 0.6) is 5.75 Å². The Morgan fingerprint density at radius 3 is 2.57 bits per heavy atom. The van der Waals surface area contributed by atoms with Crippen molar-refractivity contribution in [3.05, 3.63) is 29.3 Å². The van der Waals surface area contributed by atoms with Crippen molar-refractivity contribution in [1.82, 2.24) is 10.6 Å². The summed E-state index contributed by atoms with van der Waals surface area (Å²) in [5, 5.41) is 14.6. The van der Waals surface area contributed by atoms with Crippen LogP contribution >= 0.6 is 0 Å². The lowest BCUT2D eigenvalue weighted by Gasteiger charge is -2.22. The molecule has 1 saturated carbocycles. The van der Waals surface area contributed by atoms with E-state index in [0.29, 0.717) is 31.1 Å². The Bertz CT molecular complexity index is 698. The van der Waals surface area contributed by atoms with Crippen LogP contribution in [0.1, 0.15) is 61.4 Å². The molecule has 0 aromatic heterocycles. The van der Waals surface area contributed by atoms with Crippen molar-refractivity contribution in [2.45, 2.75) is 57.9 Å². The van der Waals surface area contributed by atoms with Gasteiger partial charge in [-0.1, -0.05) is 25.3 Å². The molecule has 28 heavy (non-hydrogen) atoms. The van der Waals surface area contributed by atoms with Gasteiger partial charge in [0.2, 0.25) is 11.8 Å². The molecule has 1 aliphatic rings. The first-order valence-corrected chi connectivity index (χ1v) is 9.88. The van der Waals surface area contributed by atoms with Gasteiger partial charge in [0.15, 0.2) is 0 Å². The Hall–Kier alpha value is -2.57. The molecule has 7 heteroatoms. The largest absolute Gasteiger partial charge is 0.496 e. The summed E-state index contributed by atoms with van der Waals surface area (Å²) in [6.07, 6.45) is 6.80. The van der Waals surface area contributed by atoms with Gasteiger partial charge in [0, 0.05) is 13.0 Å². The van der Waals surface area contributed by atoms with E-state index in [1.54, 1.807) is 13.0 Å². The molecule has 0 radical (unpaired) electrons. The summed E-state index contributed by atoms with van der Waals surface area (Å²) in [7, 11) is 1.48. The number of carboxylic acid groups (broad SMARTS) is 1. The van der Waals surface area contributed by atoms with E-state index in [9.17, 15) is 14.4 Å². The first-order valence-electron chi connectivity index (χ1n) is 9.88. The number of carbonyl (C=O) groups is 3. The Balaban J connectivity index is 1.76. The second-order valence-corrected chi connectivity index (χ2v) is 7.37. The Morgan fingerprint density at radius 2 is 1.93 bits per heavy atom. The van der Waals surface area contributed by atoms with E-state index in [2.05, 4.69) is 10.6 Å². The van der Waals surface area contributed by atoms with Gasteiger partial charge >= 0.3 is 5.97 Å². The Labute approximate surface area is 165 Å². The number of carbonyl (C=O) groups excluding carboxylic acids is 2. The van der Waals surface area contributed by atoms with Crippen LogP contribution in [0.4, 0.5) is 0 Å². The number of amides is 2. The number of ether oxygens (including phenoxy) is 1. The van der Waals surface area contributed by atoms with E-state index in [4.69, 9.17) is 9.84 Å². The van der Waals surface area contributed by atoms with E-state index < -0.39 is 12.0 Å². The van der Waals surface area contributed by atoms with Gasteiger partial charge in [-0.2, -0.15) is 0 Å². The SMILES string of the molecule is COc1cc(C(=O)O)ccc1CCNC(=O)C(C)NC(=O)CC1CCCCC1. The van der Waals surface area contributed by atoms with Crippen LogP contribution in [0.25, 0.3) is 0 Å². The maximum atomic E-state index is 12.2. The van der Waals surface area contributed by atoms with E-state index in [-0.39, 0.29) is 17.4 Å². The first-order chi connectivity index (χ1) is 13.4. The minimum Gasteiger partial charge on any atom is -0.496 e. The first kappa shape index (κ1) is 21.7. The number of aromatic carboxylic acids is 1. The normalized spacial score (nSPS) is 15.5. The standard InChI is InChI=1S/C21H30N2O5/c1-14(23-19(24)12-15-6-4-3-5-7-15)20(25)22-11-10-16-8-9-17(21(26)27)13-18(16)28-2/h8-9,13-15H,3-7,10-12H2,1-2H3,(H,22,25)(H,23,24)(H,26,27). The second-order valence-electron chi connectivity index (χ2n) is 7.37. The van der Waals surface area contributed by atoms with E-state index >= 15 is 0 Å². The Morgan fingerprint density at radius 1 is 1.21 bits per heavy atom. The van der Waals surface area contributed by atoms with Crippen LogP contribution < -0.4 is 15.4 Å². The van der Waals surface area contributed by atoms with Gasteiger partial charge in [0.1, 0.15) is 11.8 Å². The lowest BCUT2D eigenvalue weighted by molar-refractivity contribution is -0.129. The third-order valence-corrected chi connectivity index (χ3v) is 5.20.